The lowest BCUT2D eigenvalue weighted by Crippen LogP contribution is -2.70. The van der Waals surface area contributed by atoms with Crippen molar-refractivity contribution in [1.82, 2.24) is 4.90 Å². The Morgan fingerprint density at radius 3 is 2.49 bits per heavy atom. The first-order valence-corrected chi connectivity index (χ1v) is 23.8. The summed E-state index contributed by atoms with van der Waals surface area (Å²) in [6.45, 7) is 11.4. The van der Waals surface area contributed by atoms with E-state index < -0.39 is 30.1 Å². The fraction of sp³-hybridized carbons (Fsp3) is 0.481. The van der Waals surface area contributed by atoms with Gasteiger partial charge in [0.25, 0.3) is 0 Å². The molecule has 0 spiro atoms. The predicted molar refractivity (Wildman–Crippen MR) is 252 cm³/mol. The lowest BCUT2D eigenvalue weighted by Gasteiger charge is -2.60. The Kier molecular flexibility index (Phi) is 15.3. The maximum Gasteiger partial charge on any atom is 0.410 e. The smallest absolute Gasteiger partial charge is 0.410 e. The molecule has 4 aliphatic rings. The highest BCUT2D eigenvalue weighted by atomic mass is 16.8. The fourth-order valence-corrected chi connectivity index (χ4v) is 10.7. The van der Waals surface area contributed by atoms with Crippen LogP contribution in [0.1, 0.15) is 99.3 Å². The lowest BCUT2D eigenvalue weighted by atomic mass is 9.55. The van der Waals surface area contributed by atoms with Crippen molar-refractivity contribution in [1.29, 1.82) is 0 Å². The summed E-state index contributed by atoms with van der Waals surface area (Å²) in [6, 6.07) is 25.8. The maximum atomic E-state index is 14.8. The predicted octanol–water partition coefficient (Wildman–Crippen LogP) is 11.1. The number of nitrogens with zero attached hydrogens (tertiary/aromatic N) is 2. The number of ether oxygens (including phenoxy) is 5. The van der Waals surface area contributed by atoms with Crippen molar-refractivity contribution in [2.75, 3.05) is 33.0 Å². The van der Waals surface area contributed by atoms with Gasteiger partial charge in [-0.15, -0.1) is 6.58 Å². The molecule has 11 heteroatoms. The van der Waals surface area contributed by atoms with Crippen LogP contribution in [0.5, 0.6) is 17.2 Å². The summed E-state index contributed by atoms with van der Waals surface area (Å²) >= 11 is 0. The maximum absolute atomic E-state index is 14.8. The van der Waals surface area contributed by atoms with E-state index in [1.165, 1.54) is 5.56 Å². The van der Waals surface area contributed by atoms with Crippen LogP contribution in [0, 0.1) is 31.6 Å². The number of hydrogen-bond donors (Lipinski definition) is 2. The molecule has 0 bridgehead atoms. The summed E-state index contributed by atoms with van der Waals surface area (Å²) in [5.74, 6) is 0.0499. The fourth-order valence-electron chi connectivity index (χ4n) is 10.7. The number of allylic oxidation sites excluding steroid dienone is 1. The number of aryl methyl sites for hydroxylation is 2. The number of aliphatic hydroxyl groups excluding tert-OH is 2. The highest BCUT2D eigenvalue weighted by molar-refractivity contribution is 6.03. The minimum absolute atomic E-state index is 0.0527. The zero-order valence-corrected chi connectivity index (χ0v) is 38.3. The van der Waals surface area contributed by atoms with Crippen LogP contribution in [0.4, 0.5) is 4.79 Å². The molecule has 2 aliphatic heterocycles. The molecule has 1 amide bonds. The molecule has 8 rings (SSSR count). The average Bonchev–Trinajstić information content (AvgIpc) is 3.32. The SMILES string of the molecule is C=CCOC12Oc3ccc(Oc4ccc(C)c(C)c4)cc3C3C(CCCCO)C(CCCCO)C=C(C(=NOC4CCCCO4)CC1N(Cc1cccc4ccccc14)C(=O)OCC)C32. The van der Waals surface area contributed by atoms with Crippen molar-refractivity contribution >= 4 is 22.6 Å². The molecular formula is C54H66N2O9. The first-order chi connectivity index (χ1) is 31.8. The van der Waals surface area contributed by atoms with E-state index in [9.17, 15) is 15.0 Å². The summed E-state index contributed by atoms with van der Waals surface area (Å²) < 4.78 is 33.3. The van der Waals surface area contributed by atoms with Gasteiger partial charge in [-0.3, -0.25) is 4.90 Å². The molecule has 2 N–H and O–H groups in total. The van der Waals surface area contributed by atoms with E-state index in [0.717, 1.165) is 83.7 Å². The Hall–Kier alpha value is -5.20. The molecule has 2 heterocycles. The number of benzene rings is 4. The second-order valence-electron chi connectivity index (χ2n) is 18.0. The highest BCUT2D eigenvalue weighted by Gasteiger charge is 2.66. The van der Waals surface area contributed by atoms with E-state index in [2.05, 4.69) is 69.0 Å². The third-order valence-corrected chi connectivity index (χ3v) is 13.9. The molecule has 7 atom stereocenters. The van der Waals surface area contributed by atoms with E-state index in [1.54, 1.807) is 11.0 Å². The van der Waals surface area contributed by atoms with E-state index in [0.29, 0.717) is 36.7 Å². The standard InChI is InChI=1S/C54H66N2O9/c1-5-29-62-54-49(56(53(59)60-6-2)35-40-19-15-18-38-16-7-8-20-43(38)40)34-47(55-65-50-22-11-14-30-61-50)45-32-39(17-9-12-27-57)44(21-10-13-28-58)51(52(45)54)46-33-42(25-26-48(46)64-54)63-41-24-23-36(3)37(4)31-41/h5,7-8,15-16,18-20,23-26,31-33,39,44,49-52,57-58H,1,6,9-14,17,21-22,27-30,34-35H2,2-4H3. The van der Waals surface area contributed by atoms with Crippen LogP contribution in [0.15, 0.2) is 108 Å². The van der Waals surface area contributed by atoms with Crippen molar-refractivity contribution in [3.8, 4) is 17.2 Å². The summed E-state index contributed by atoms with van der Waals surface area (Å²) in [7, 11) is 0. The van der Waals surface area contributed by atoms with Gasteiger partial charge < -0.3 is 38.7 Å². The number of aliphatic hydroxyl groups is 2. The van der Waals surface area contributed by atoms with Gasteiger partial charge in [-0.2, -0.15) is 0 Å². The number of rotatable bonds is 19. The molecule has 4 aromatic carbocycles. The molecule has 65 heavy (non-hydrogen) atoms. The van der Waals surface area contributed by atoms with Crippen LogP contribution in [0.3, 0.4) is 0 Å². The van der Waals surface area contributed by atoms with Crippen LogP contribution < -0.4 is 9.47 Å². The van der Waals surface area contributed by atoms with E-state index in [4.69, 9.17) is 33.7 Å². The van der Waals surface area contributed by atoms with Gasteiger partial charge in [0, 0.05) is 37.5 Å². The normalized spacial score (nSPS) is 25.2. The number of carbonyl (C=O) groups excluding carboxylic acids is 1. The van der Waals surface area contributed by atoms with Crippen molar-refractivity contribution in [3.63, 3.8) is 0 Å². The first-order valence-electron chi connectivity index (χ1n) is 23.8. The number of amides is 1. The van der Waals surface area contributed by atoms with E-state index in [-0.39, 0.29) is 57.1 Å². The van der Waals surface area contributed by atoms with Gasteiger partial charge in [-0.1, -0.05) is 78.7 Å². The van der Waals surface area contributed by atoms with Gasteiger partial charge >= 0.3 is 6.09 Å². The topological polar surface area (TPSA) is 129 Å². The molecule has 346 valence electrons. The quantitative estimate of drug-likeness (QED) is 0.0537. The molecule has 0 radical (unpaired) electrons. The third kappa shape index (κ3) is 9.99. The van der Waals surface area contributed by atoms with Crippen molar-refractivity contribution in [3.05, 3.63) is 125 Å². The van der Waals surface area contributed by atoms with Gasteiger partial charge in [0.1, 0.15) is 23.3 Å². The number of oxime groups is 1. The first kappa shape index (κ1) is 46.3. The number of hydrogen-bond acceptors (Lipinski definition) is 10. The van der Waals surface area contributed by atoms with Crippen LogP contribution >= 0.6 is 0 Å². The van der Waals surface area contributed by atoms with Crippen LogP contribution in [0.2, 0.25) is 0 Å². The molecule has 7 unspecified atom stereocenters. The number of fused-ring (bicyclic) bond motifs is 3. The Morgan fingerprint density at radius 2 is 1.72 bits per heavy atom. The number of carbonyl (C=O) groups is 1. The summed E-state index contributed by atoms with van der Waals surface area (Å²) in [6.07, 6.45) is 10.7. The van der Waals surface area contributed by atoms with Crippen LogP contribution in [0.25, 0.3) is 10.8 Å². The zero-order valence-electron chi connectivity index (χ0n) is 38.3. The summed E-state index contributed by atoms with van der Waals surface area (Å²) in [4.78, 5) is 22.9. The second kappa shape index (κ2) is 21.4. The Bertz CT molecular complexity index is 2330. The van der Waals surface area contributed by atoms with Crippen LogP contribution in [-0.2, 0) is 25.6 Å². The Balaban J connectivity index is 1.35. The van der Waals surface area contributed by atoms with Crippen molar-refractivity contribution in [2.24, 2.45) is 22.9 Å². The van der Waals surface area contributed by atoms with Crippen molar-refractivity contribution < 1.29 is 43.5 Å². The third-order valence-electron chi connectivity index (χ3n) is 13.9. The average molecular weight is 887 g/mol. The van der Waals surface area contributed by atoms with Gasteiger partial charge in [0.05, 0.1) is 38.0 Å². The largest absolute Gasteiger partial charge is 0.459 e. The monoisotopic (exact) mass is 886 g/mol. The number of unbranched alkanes of at least 4 members (excludes halogenated alkanes) is 2. The molecule has 0 aromatic heterocycles. The summed E-state index contributed by atoms with van der Waals surface area (Å²) in [5, 5.41) is 27.2. The molecule has 1 saturated heterocycles. The van der Waals surface area contributed by atoms with Gasteiger partial charge in [0.2, 0.25) is 12.1 Å². The van der Waals surface area contributed by atoms with Gasteiger partial charge in [-0.25, -0.2) is 4.79 Å². The molecule has 2 fully saturated rings. The minimum atomic E-state index is -1.45. The summed E-state index contributed by atoms with van der Waals surface area (Å²) in [5.41, 5.74) is 5.93. The Labute approximate surface area is 384 Å². The molecular weight excluding hydrogens is 821 g/mol. The Morgan fingerprint density at radius 1 is 0.938 bits per heavy atom. The van der Waals surface area contributed by atoms with E-state index >= 15 is 0 Å². The van der Waals surface area contributed by atoms with Crippen LogP contribution in [-0.4, -0.2) is 78.1 Å². The zero-order chi connectivity index (χ0) is 45.3. The second-order valence-corrected chi connectivity index (χ2v) is 18.0. The van der Waals surface area contributed by atoms with Gasteiger partial charge in [0.15, 0.2) is 0 Å². The highest BCUT2D eigenvalue weighted by Crippen LogP contribution is 2.62. The minimum Gasteiger partial charge on any atom is -0.459 e. The lowest BCUT2D eigenvalue weighted by molar-refractivity contribution is -0.256. The molecule has 1 saturated carbocycles. The molecule has 4 aromatic rings. The molecule has 2 aliphatic carbocycles. The van der Waals surface area contributed by atoms with Crippen molar-refractivity contribution in [2.45, 2.75) is 116 Å². The molecule has 11 nitrogen and oxygen atoms in total. The van der Waals surface area contributed by atoms with Gasteiger partial charge in [-0.05, 0) is 134 Å². The van der Waals surface area contributed by atoms with E-state index in [1.807, 2.05) is 43.3 Å².